The van der Waals surface area contributed by atoms with E-state index in [0.29, 0.717) is 33.2 Å². The van der Waals surface area contributed by atoms with E-state index >= 15 is 0 Å². The number of benzene rings is 3. The van der Waals surface area contributed by atoms with Gasteiger partial charge >= 0.3 is 5.97 Å². The number of rotatable bonds is 7. The second-order valence-electron chi connectivity index (χ2n) is 10.7. The summed E-state index contributed by atoms with van der Waals surface area (Å²) in [5, 5.41) is 14.9. The summed E-state index contributed by atoms with van der Waals surface area (Å²) in [7, 11) is 0. The number of aromatic nitrogens is 1. The van der Waals surface area contributed by atoms with Gasteiger partial charge in [-0.25, -0.2) is 4.79 Å². The summed E-state index contributed by atoms with van der Waals surface area (Å²) in [6, 6.07) is 20.3. The van der Waals surface area contributed by atoms with E-state index in [1.54, 1.807) is 30.5 Å². The molecule has 0 radical (unpaired) electrons. The van der Waals surface area contributed by atoms with E-state index in [4.69, 9.17) is 27.9 Å². The number of aryl methyl sites for hydroxylation is 1. The highest BCUT2D eigenvalue weighted by Gasteiger charge is 2.42. The second-order valence-corrected chi connectivity index (χ2v) is 11.6. The van der Waals surface area contributed by atoms with Gasteiger partial charge in [-0.2, -0.15) is 0 Å². The molecule has 0 amide bonds. The van der Waals surface area contributed by atoms with Crippen molar-refractivity contribution in [3.63, 3.8) is 0 Å². The molecule has 2 atom stereocenters. The molecule has 6 heteroatoms. The fraction of sp³-hybridized carbons (Fsp3) is 0.312. The third-order valence-electron chi connectivity index (χ3n) is 6.72. The minimum absolute atomic E-state index is 0.341. The normalized spacial score (nSPS) is 14.2. The number of carbonyl (C=O) groups excluding carboxylic acids is 1. The molecular weight excluding hydrogens is 517 g/mol. The molecule has 4 aromatic rings. The molecule has 0 bridgehead atoms. The highest BCUT2D eigenvalue weighted by Crippen LogP contribution is 2.47. The van der Waals surface area contributed by atoms with Gasteiger partial charge in [0.1, 0.15) is 11.2 Å². The summed E-state index contributed by atoms with van der Waals surface area (Å²) in [5.41, 5.74) is 2.48. The molecule has 3 aromatic carbocycles. The van der Waals surface area contributed by atoms with Crippen LogP contribution in [0.5, 0.6) is 0 Å². The Morgan fingerprint density at radius 2 is 1.63 bits per heavy atom. The SMILES string of the molecule is CCC[C@H](c1ccc(C(=O)OC(C)(C)C)cc1)C(O)(c1ccc(Cl)cc1)c1ccnc2c(C)cc(Cl)cc12. The lowest BCUT2D eigenvalue weighted by molar-refractivity contribution is 0.00695. The van der Waals surface area contributed by atoms with Crippen LogP contribution in [-0.2, 0) is 10.3 Å². The van der Waals surface area contributed by atoms with Crippen molar-refractivity contribution in [2.24, 2.45) is 0 Å². The van der Waals surface area contributed by atoms with Crippen molar-refractivity contribution in [1.29, 1.82) is 0 Å². The molecule has 4 nitrogen and oxygen atoms in total. The summed E-state index contributed by atoms with van der Waals surface area (Å²) in [6.45, 7) is 9.59. The number of esters is 1. The first-order valence-corrected chi connectivity index (χ1v) is 13.6. The maximum Gasteiger partial charge on any atom is 0.338 e. The van der Waals surface area contributed by atoms with Crippen LogP contribution in [0.1, 0.15) is 79.1 Å². The van der Waals surface area contributed by atoms with Crippen molar-refractivity contribution in [1.82, 2.24) is 4.98 Å². The predicted octanol–water partition coefficient (Wildman–Crippen LogP) is 8.63. The predicted molar refractivity (Wildman–Crippen MR) is 155 cm³/mol. The monoisotopic (exact) mass is 549 g/mol. The van der Waals surface area contributed by atoms with Crippen LogP contribution in [0.25, 0.3) is 10.9 Å². The van der Waals surface area contributed by atoms with Gasteiger partial charge < -0.3 is 9.84 Å². The first kappa shape index (κ1) is 28.1. The van der Waals surface area contributed by atoms with Gasteiger partial charge in [0.15, 0.2) is 0 Å². The van der Waals surface area contributed by atoms with E-state index in [0.717, 1.165) is 28.5 Å². The van der Waals surface area contributed by atoms with Crippen molar-refractivity contribution in [3.05, 3.63) is 111 Å². The number of fused-ring (bicyclic) bond motifs is 1. The largest absolute Gasteiger partial charge is 0.456 e. The minimum Gasteiger partial charge on any atom is -0.456 e. The molecule has 1 unspecified atom stereocenters. The van der Waals surface area contributed by atoms with E-state index in [1.165, 1.54) is 0 Å². The maximum atomic E-state index is 12.9. The van der Waals surface area contributed by atoms with Crippen molar-refractivity contribution >= 4 is 40.1 Å². The fourth-order valence-electron chi connectivity index (χ4n) is 5.06. The smallest absolute Gasteiger partial charge is 0.338 e. The van der Waals surface area contributed by atoms with Crippen LogP contribution in [0.4, 0.5) is 0 Å². The number of carbonyl (C=O) groups is 1. The van der Waals surface area contributed by atoms with Crippen LogP contribution in [0, 0.1) is 6.92 Å². The standard InChI is InChI=1S/C32H33Cl2NO3/c1-6-7-27(21-8-10-22(11-9-21)30(36)38-31(3,4)5)32(37,23-12-14-24(33)15-13-23)28-16-17-35-29-20(2)18-25(34)19-26(28)29/h8-19,27,37H,6-7H2,1-5H3/t27-,32?/m1/s1. The molecule has 0 saturated carbocycles. The van der Waals surface area contributed by atoms with Gasteiger partial charge in [0, 0.05) is 27.5 Å². The molecule has 198 valence electrons. The van der Waals surface area contributed by atoms with Crippen molar-refractivity contribution in [3.8, 4) is 0 Å². The first-order chi connectivity index (χ1) is 17.9. The zero-order valence-electron chi connectivity index (χ0n) is 22.4. The average molecular weight is 551 g/mol. The lowest BCUT2D eigenvalue weighted by Gasteiger charge is -2.38. The molecule has 1 N–H and O–H groups in total. The summed E-state index contributed by atoms with van der Waals surface area (Å²) in [5.74, 6) is -0.722. The molecule has 1 heterocycles. The zero-order valence-corrected chi connectivity index (χ0v) is 23.9. The number of hydrogen-bond acceptors (Lipinski definition) is 4. The van der Waals surface area contributed by atoms with Crippen LogP contribution in [0.15, 0.2) is 72.9 Å². The van der Waals surface area contributed by atoms with Gasteiger partial charge in [-0.1, -0.05) is 60.8 Å². The van der Waals surface area contributed by atoms with Gasteiger partial charge in [-0.05, 0) is 98.8 Å². The van der Waals surface area contributed by atoms with Gasteiger partial charge in [-0.3, -0.25) is 4.98 Å². The molecule has 0 fully saturated rings. The fourth-order valence-corrected chi connectivity index (χ4v) is 5.46. The Morgan fingerprint density at radius 3 is 2.24 bits per heavy atom. The molecule has 4 rings (SSSR count). The second kappa shape index (κ2) is 11.1. The number of pyridine rings is 1. The number of nitrogens with zero attached hydrogens (tertiary/aromatic N) is 1. The molecule has 0 aliphatic rings. The van der Waals surface area contributed by atoms with Crippen molar-refractivity contribution in [2.45, 2.75) is 64.6 Å². The molecule has 38 heavy (non-hydrogen) atoms. The topological polar surface area (TPSA) is 59.4 Å². The Morgan fingerprint density at radius 1 is 0.974 bits per heavy atom. The highest BCUT2D eigenvalue weighted by molar-refractivity contribution is 6.31. The zero-order chi connectivity index (χ0) is 27.7. The summed E-state index contributed by atoms with van der Waals surface area (Å²) in [6.07, 6.45) is 3.25. The number of hydrogen-bond donors (Lipinski definition) is 1. The highest BCUT2D eigenvalue weighted by atomic mass is 35.5. The summed E-state index contributed by atoms with van der Waals surface area (Å²) < 4.78 is 5.54. The van der Waals surface area contributed by atoms with Crippen LogP contribution in [-0.4, -0.2) is 21.7 Å². The Hall–Kier alpha value is -2.92. The molecule has 0 saturated heterocycles. The Kier molecular flexibility index (Phi) is 8.17. The van der Waals surface area contributed by atoms with Crippen LogP contribution >= 0.6 is 23.2 Å². The molecule has 0 aliphatic heterocycles. The van der Waals surface area contributed by atoms with Gasteiger partial charge in [0.05, 0.1) is 11.1 Å². The van der Waals surface area contributed by atoms with E-state index < -0.39 is 11.2 Å². The molecule has 0 aliphatic carbocycles. The van der Waals surface area contributed by atoms with Crippen LogP contribution in [0.3, 0.4) is 0 Å². The number of ether oxygens (including phenoxy) is 1. The summed E-state index contributed by atoms with van der Waals surface area (Å²) >= 11 is 12.7. The maximum absolute atomic E-state index is 12.9. The van der Waals surface area contributed by atoms with Gasteiger partial charge in [-0.15, -0.1) is 0 Å². The van der Waals surface area contributed by atoms with Crippen LogP contribution < -0.4 is 0 Å². The van der Waals surface area contributed by atoms with Crippen LogP contribution in [0.2, 0.25) is 10.0 Å². The van der Waals surface area contributed by atoms with Crippen molar-refractivity contribution in [2.75, 3.05) is 0 Å². The van der Waals surface area contributed by atoms with E-state index in [2.05, 4.69) is 11.9 Å². The lowest BCUT2D eigenvalue weighted by atomic mass is 9.70. The van der Waals surface area contributed by atoms with E-state index in [1.807, 2.05) is 70.2 Å². The van der Waals surface area contributed by atoms with E-state index in [-0.39, 0.29) is 11.9 Å². The lowest BCUT2D eigenvalue weighted by Crippen LogP contribution is -2.35. The first-order valence-electron chi connectivity index (χ1n) is 12.8. The van der Waals surface area contributed by atoms with Gasteiger partial charge in [0.25, 0.3) is 0 Å². The third kappa shape index (κ3) is 5.73. The van der Waals surface area contributed by atoms with E-state index in [9.17, 15) is 9.90 Å². The quantitative estimate of drug-likeness (QED) is 0.234. The minimum atomic E-state index is -1.44. The Bertz CT molecular complexity index is 1440. The molecular formula is C32H33Cl2NO3. The molecule has 1 aromatic heterocycles. The van der Waals surface area contributed by atoms with Gasteiger partial charge in [0.2, 0.25) is 0 Å². The Balaban J connectivity index is 1.93. The van der Waals surface area contributed by atoms with Crippen molar-refractivity contribution < 1.29 is 14.6 Å². The number of halogens is 2. The third-order valence-corrected chi connectivity index (χ3v) is 7.19. The summed E-state index contributed by atoms with van der Waals surface area (Å²) in [4.78, 5) is 17.2. The average Bonchev–Trinajstić information content (AvgIpc) is 2.86. The molecule has 0 spiro atoms. The number of aliphatic hydroxyl groups is 1. The Labute approximate surface area is 234 Å².